The molecule has 0 saturated carbocycles. The molecule has 0 aliphatic carbocycles. The van der Waals surface area contributed by atoms with Gasteiger partial charge in [0, 0.05) is 0 Å². The van der Waals surface area contributed by atoms with Gasteiger partial charge in [-0.25, -0.2) is 4.90 Å². The van der Waals surface area contributed by atoms with Crippen LogP contribution in [-0.2, 0) is 11.0 Å². The monoisotopic (exact) mass is 399 g/mol. The zero-order chi connectivity index (χ0) is 19.1. The lowest BCUT2D eigenvalue weighted by Gasteiger charge is -2.16. The summed E-state index contributed by atoms with van der Waals surface area (Å²) in [5.74, 6) is -0.774. The van der Waals surface area contributed by atoms with Gasteiger partial charge < -0.3 is 5.11 Å². The predicted octanol–water partition coefficient (Wildman–Crippen LogP) is 5.31. The smallest absolute Gasteiger partial charge is 0.417 e. The van der Waals surface area contributed by atoms with Crippen molar-refractivity contribution in [2.75, 3.05) is 4.90 Å². The van der Waals surface area contributed by atoms with Gasteiger partial charge >= 0.3 is 6.18 Å². The molecule has 2 aromatic carbocycles. The summed E-state index contributed by atoms with van der Waals surface area (Å²) in [5, 5.41) is 8.20. The van der Waals surface area contributed by atoms with E-state index in [0.717, 1.165) is 6.07 Å². The van der Waals surface area contributed by atoms with Crippen molar-refractivity contribution >= 4 is 46.3 Å². The van der Waals surface area contributed by atoms with Crippen molar-refractivity contribution in [3.05, 3.63) is 63.5 Å². The summed E-state index contributed by atoms with van der Waals surface area (Å²) in [6, 6.07) is 8.81. The van der Waals surface area contributed by atoms with E-state index in [1.807, 2.05) is 0 Å². The van der Waals surface area contributed by atoms with Crippen LogP contribution < -0.4 is 4.90 Å². The van der Waals surface area contributed by atoms with Gasteiger partial charge in [0.1, 0.15) is 5.75 Å². The second-order valence-electron chi connectivity index (χ2n) is 5.27. The molecule has 2 amide bonds. The zero-order valence-corrected chi connectivity index (χ0v) is 14.3. The number of aromatic hydroxyl groups is 1. The Morgan fingerprint density at radius 2 is 1.85 bits per heavy atom. The fourth-order valence-corrected chi connectivity index (χ4v) is 3.39. The maximum atomic E-state index is 13.0. The predicted molar refractivity (Wildman–Crippen MR) is 93.0 cm³/mol. The number of phenolic OH excluding ortho intramolecular Hbond substituents is 1. The summed E-state index contributed by atoms with van der Waals surface area (Å²) < 4.78 is 39.0. The highest BCUT2D eigenvalue weighted by Gasteiger charge is 2.39. The molecule has 1 heterocycles. The summed E-state index contributed by atoms with van der Waals surface area (Å²) >= 11 is 6.16. The third-order valence-corrected chi connectivity index (χ3v) is 4.67. The fraction of sp³-hybridized carbons (Fsp3) is 0.0588. The molecule has 134 valence electrons. The number of rotatable bonds is 2. The molecule has 0 bridgehead atoms. The zero-order valence-electron chi connectivity index (χ0n) is 12.7. The molecule has 1 aliphatic rings. The van der Waals surface area contributed by atoms with E-state index >= 15 is 0 Å². The number of nitrogens with zero attached hydrogens (tertiary/aromatic N) is 1. The highest BCUT2D eigenvalue weighted by atomic mass is 35.5. The second kappa shape index (κ2) is 6.69. The fourth-order valence-electron chi connectivity index (χ4n) is 2.33. The largest absolute Gasteiger partial charge is 0.508 e. The standard InChI is InChI=1S/C17H9ClF3NO3S/c18-13-5-4-10(8-12(13)17(19,20)21)22-15(24)14(26-16(22)25)7-9-2-1-3-11(23)6-9/h1-8,23H/b14-7-. The Morgan fingerprint density at radius 3 is 2.50 bits per heavy atom. The average molecular weight is 400 g/mol. The van der Waals surface area contributed by atoms with Crippen molar-refractivity contribution in [3.63, 3.8) is 0 Å². The molecule has 4 nitrogen and oxygen atoms in total. The van der Waals surface area contributed by atoms with Crippen LogP contribution in [0.3, 0.4) is 0 Å². The van der Waals surface area contributed by atoms with Crippen molar-refractivity contribution in [1.29, 1.82) is 0 Å². The van der Waals surface area contributed by atoms with E-state index in [1.165, 1.54) is 24.3 Å². The van der Waals surface area contributed by atoms with Crippen LogP contribution >= 0.6 is 23.4 Å². The Labute approximate surface area is 154 Å². The van der Waals surface area contributed by atoms with Crippen LogP contribution in [-0.4, -0.2) is 16.3 Å². The molecule has 1 aliphatic heterocycles. The summed E-state index contributed by atoms with van der Waals surface area (Å²) in [6.07, 6.45) is -3.34. The minimum Gasteiger partial charge on any atom is -0.508 e. The van der Waals surface area contributed by atoms with Crippen molar-refractivity contribution < 1.29 is 27.9 Å². The lowest BCUT2D eigenvalue weighted by Crippen LogP contribution is -2.28. The third kappa shape index (κ3) is 3.56. The third-order valence-electron chi connectivity index (χ3n) is 3.48. The molecule has 0 unspecified atom stereocenters. The number of hydrogen-bond acceptors (Lipinski definition) is 4. The minimum atomic E-state index is -4.72. The molecule has 0 atom stereocenters. The maximum Gasteiger partial charge on any atom is 0.417 e. The van der Waals surface area contributed by atoms with E-state index in [0.29, 0.717) is 28.3 Å². The summed E-state index contributed by atoms with van der Waals surface area (Å²) in [6.45, 7) is 0. The lowest BCUT2D eigenvalue weighted by atomic mass is 10.1. The molecule has 0 radical (unpaired) electrons. The van der Waals surface area contributed by atoms with Crippen LogP contribution in [0.2, 0.25) is 5.02 Å². The molecule has 1 saturated heterocycles. The number of imide groups is 1. The minimum absolute atomic E-state index is 0.0227. The van der Waals surface area contributed by atoms with Crippen molar-refractivity contribution in [2.24, 2.45) is 0 Å². The normalized spacial score (nSPS) is 16.6. The van der Waals surface area contributed by atoms with Gasteiger partial charge in [0.15, 0.2) is 0 Å². The molecule has 3 rings (SSSR count). The number of halogens is 4. The van der Waals surface area contributed by atoms with Crippen LogP contribution in [0, 0.1) is 0 Å². The van der Waals surface area contributed by atoms with E-state index in [1.54, 1.807) is 12.1 Å². The quantitative estimate of drug-likeness (QED) is 0.696. The number of phenols is 1. The van der Waals surface area contributed by atoms with Crippen molar-refractivity contribution in [2.45, 2.75) is 6.18 Å². The van der Waals surface area contributed by atoms with Crippen LogP contribution in [0.15, 0.2) is 47.4 Å². The first-order chi connectivity index (χ1) is 12.2. The average Bonchev–Trinajstić information content (AvgIpc) is 2.81. The van der Waals surface area contributed by atoms with Crippen LogP contribution in [0.1, 0.15) is 11.1 Å². The summed E-state index contributed by atoms with van der Waals surface area (Å²) in [4.78, 5) is 25.3. The number of carbonyl (C=O) groups excluding carboxylic acids is 2. The first-order valence-corrected chi connectivity index (χ1v) is 8.30. The molecule has 9 heteroatoms. The van der Waals surface area contributed by atoms with E-state index in [9.17, 15) is 27.9 Å². The summed E-state index contributed by atoms with van der Waals surface area (Å²) in [5.41, 5.74) is -0.876. The highest BCUT2D eigenvalue weighted by Crippen LogP contribution is 2.40. The second-order valence-corrected chi connectivity index (χ2v) is 6.67. The van der Waals surface area contributed by atoms with Crippen LogP contribution in [0.25, 0.3) is 6.08 Å². The van der Waals surface area contributed by atoms with E-state index in [-0.39, 0.29) is 16.3 Å². The number of carbonyl (C=O) groups is 2. The number of alkyl halides is 3. The number of thioether (sulfide) groups is 1. The molecule has 2 aromatic rings. The number of hydrogen-bond donors (Lipinski definition) is 1. The lowest BCUT2D eigenvalue weighted by molar-refractivity contribution is -0.137. The molecule has 0 spiro atoms. The van der Waals surface area contributed by atoms with Crippen molar-refractivity contribution in [1.82, 2.24) is 0 Å². The Bertz CT molecular complexity index is 943. The number of anilines is 1. The van der Waals surface area contributed by atoms with Gasteiger partial charge in [-0.1, -0.05) is 23.7 Å². The van der Waals surface area contributed by atoms with Crippen molar-refractivity contribution in [3.8, 4) is 5.75 Å². The van der Waals surface area contributed by atoms with Gasteiger partial charge in [-0.15, -0.1) is 0 Å². The first kappa shape index (κ1) is 18.3. The molecule has 1 fully saturated rings. The van der Waals surface area contributed by atoms with Gasteiger partial charge in [-0.2, -0.15) is 13.2 Å². The van der Waals surface area contributed by atoms with Gasteiger partial charge in [0.25, 0.3) is 11.1 Å². The molecule has 1 N–H and O–H groups in total. The molecule has 26 heavy (non-hydrogen) atoms. The Balaban J connectivity index is 1.98. The molecular weight excluding hydrogens is 391 g/mol. The number of amides is 2. The topological polar surface area (TPSA) is 57.6 Å². The summed E-state index contributed by atoms with van der Waals surface area (Å²) in [7, 11) is 0. The van der Waals surface area contributed by atoms with Gasteiger partial charge in [-0.05, 0) is 53.7 Å². The van der Waals surface area contributed by atoms with Gasteiger partial charge in [0.05, 0.1) is 21.2 Å². The maximum absolute atomic E-state index is 13.0. The first-order valence-electron chi connectivity index (χ1n) is 7.10. The highest BCUT2D eigenvalue weighted by molar-refractivity contribution is 8.19. The van der Waals surface area contributed by atoms with E-state index < -0.39 is 27.9 Å². The van der Waals surface area contributed by atoms with Gasteiger partial charge in [-0.3, -0.25) is 9.59 Å². The Morgan fingerprint density at radius 1 is 1.12 bits per heavy atom. The van der Waals surface area contributed by atoms with Gasteiger partial charge in [0.2, 0.25) is 0 Å². The molecule has 0 aromatic heterocycles. The van der Waals surface area contributed by atoms with Crippen LogP contribution in [0.4, 0.5) is 23.7 Å². The number of benzene rings is 2. The molecular formula is C17H9ClF3NO3S. The SMILES string of the molecule is O=C1S/C(=C\c2cccc(O)c2)C(=O)N1c1ccc(Cl)c(C(F)(F)F)c1. The Kier molecular flexibility index (Phi) is 4.72. The van der Waals surface area contributed by atoms with E-state index in [4.69, 9.17) is 11.6 Å². The van der Waals surface area contributed by atoms with E-state index in [2.05, 4.69) is 0 Å². The van der Waals surface area contributed by atoms with Crippen LogP contribution in [0.5, 0.6) is 5.75 Å². The Hall–Kier alpha value is -2.45.